The van der Waals surface area contributed by atoms with E-state index in [9.17, 15) is 9.59 Å². The maximum atomic E-state index is 12.4. The number of carbonyl (C=O) groups excluding carboxylic acids is 1. The van der Waals surface area contributed by atoms with Crippen LogP contribution < -0.4 is 5.69 Å². The number of amides is 1. The van der Waals surface area contributed by atoms with Crippen molar-refractivity contribution >= 4 is 16.9 Å². The fourth-order valence-corrected chi connectivity index (χ4v) is 4.12. The van der Waals surface area contributed by atoms with Gasteiger partial charge in [-0.15, -0.1) is 0 Å². The molecule has 3 heterocycles. The van der Waals surface area contributed by atoms with Crippen molar-refractivity contribution in [1.29, 1.82) is 0 Å². The number of aromatic amines is 1. The molecular weight excluding hydrogens is 318 g/mol. The molecule has 2 saturated heterocycles. The van der Waals surface area contributed by atoms with E-state index in [2.05, 4.69) is 4.98 Å². The van der Waals surface area contributed by atoms with Crippen LogP contribution in [0.25, 0.3) is 11.0 Å². The summed E-state index contributed by atoms with van der Waals surface area (Å²) in [5, 5.41) is 0. The minimum absolute atomic E-state index is 0.0515. The number of rotatable bonds is 4. The summed E-state index contributed by atoms with van der Waals surface area (Å²) in [5.41, 5.74) is 1.78. The number of likely N-dealkylation sites (tertiary alicyclic amines) is 1. The zero-order chi connectivity index (χ0) is 17.2. The highest BCUT2D eigenvalue weighted by atomic mass is 16.5. The molecule has 6 heteroatoms. The predicted molar refractivity (Wildman–Crippen MR) is 95.6 cm³/mol. The Balaban J connectivity index is 1.37. The molecule has 1 N–H and O–H groups in total. The number of para-hydroxylation sites is 2. The Bertz CT molecular complexity index is 796. The summed E-state index contributed by atoms with van der Waals surface area (Å²) in [6, 6.07) is 7.95. The van der Waals surface area contributed by atoms with Crippen molar-refractivity contribution in [2.75, 3.05) is 19.7 Å². The van der Waals surface area contributed by atoms with E-state index in [-0.39, 0.29) is 23.7 Å². The highest BCUT2D eigenvalue weighted by molar-refractivity contribution is 5.76. The number of imidazole rings is 1. The van der Waals surface area contributed by atoms with Gasteiger partial charge in [-0.25, -0.2) is 4.79 Å². The fourth-order valence-electron chi connectivity index (χ4n) is 4.12. The van der Waals surface area contributed by atoms with Crippen LogP contribution in [0.3, 0.4) is 0 Å². The number of benzene rings is 1. The van der Waals surface area contributed by atoms with Gasteiger partial charge in [0.2, 0.25) is 5.91 Å². The molecule has 0 saturated carbocycles. The van der Waals surface area contributed by atoms with Gasteiger partial charge in [0.25, 0.3) is 0 Å². The second-order valence-corrected chi connectivity index (χ2v) is 7.10. The van der Waals surface area contributed by atoms with Gasteiger partial charge in [-0.2, -0.15) is 0 Å². The lowest BCUT2D eigenvalue weighted by atomic mass is 10.0. The second-order valence-electron chi connectivity index (χ2n) is 7.10. The third kappa shape index (κ3) is 3.35. The van der Waals surface area contributed by atoms with Crippen LogP contribution in [0.4, 0.5) is 0 Å². The average Bonchev–Trinajstić information content (AvgIpc) is 3.26. The van der Waals surface area contributed by atoms with Crippen molar-refractivity contribution < 1.29 is 9.53 Å². The van der Waals surface area contributed by atoms with E-state index >= 15 is 0 Å². The van der Waals surface area contributed by atoms with Gasteiger partial charge >= 0.3 is 5.69 Å². The van der Waals surface area contributed by atoms with Crippen molar-refractivity contribution in [1.82, 2.24) is 14.5 Å². The summed E-state index contributed by atoms with van der Waals surface area (Å²) < 4.78 is 7.46. The molecule has 2 aliphatic heterocycles. The van der Waals surface area contributed by atoms with Crippen LogP contribution in [0.15, 0.2) is 29.1 Å². The summed E-state index contributed by atoms with van der Waals surface area (Å²) in [4.78, 5) is 29.6. The van der Waals surface area contributed by atoms with Gasteiger partial charge in [0.05, 0.1) is 17.1 Å². The molecule has 1 atom stereocenters. The van der Waals surface area contributed by atoms with Gasteiger partial charge in [-0.1, -0.05) is 12.1 Å². The molecule has 0 spiro atoms. The van der Waals surface area contributed by atoms with Crippen LogP contribution >= 0.6 is 0 Å². The van der Waals surface area contributed by atoms with Gasteiger partial charge in [0.1, 0.15) is 0 Å². The number of carbonyl (C=O) groups is 1. The molecule has 6 nitrogen and oxygen atoms in total. The molecule has 1 amide bonds. The smallest absolute Gasteiger partial charge is 0.326 e. The summed E-state index contributed by atoms with van der Waals surface area (Å²) in [7, 11) is 0. The number of H-pyrrole nitrogens is 1. The van der Waals surface area contributed by atoms with E-state index in [1.165, 1.54) is 0 Å². The van der Waals surface area contributed by atoms with Crippen LogP contribution in [0.2, 0.25) is 0 Å². The lowest BCUT2D eigenvalue weighted by molar-refractivity contribution is -0.133. The summed E-state index contributed by atoms with van der Waals surface area (Å²) in [5.74, 6) is 0.222. The number of nitrogens with one attached hydrogen (secondary N) is 1. The van der Waals surface area contributed by atoms with Gasteiger partial charge in [0, 0.05) is 32.2 Å². The molecule has 0 aliphatic carbocycles. The summed E-state index contributed by atoms with van der Waals surface area (Å²) in [6.07, 6.45) is 5.53. The minimum atomic E-state index is -0.0515. The number of nitrogens with zero attached hydrogens (tertiary/aromatic N) is 2. The van der Waals surface area contributed by atoms with Crippen molar-refractivity contribution in [3.05, 3.63) is 34.7 Å². The van der Waals surface area contributed by atoms with E-state index in [1.54, 1.807) is 0 Å². The first-order valence-electron chi connectivity index (χ1n) is 9.31. The average molecular weight is 343 g/mol. The Hall–Kier alpha value is -2.08. The molecule has 2 aliphatic rings. The lowest BCUT2D eigenvalue weighted by Crippen LogP contribution is -2.40. The minimum Gasteiger partial charge on any atom is -0.378 e. The Kier molecular flexibility index (Phi) is 4.61. The van der Waals surface area contributed by atoms with Crippen LogP contribution in [-0.4, -0.2) is 46.2 Å². The number of hydrogen-bond acceptors (Lipinski definition) is 3. The monoisotopic (exact) mass is 343 g/mol. The molecule has 1 aromatic carbocycles. The SMILES string of the molecule is O=C(CCC1CCCO1)N1CCC(n2c(=O)[nH]c3ccccc32)CC1. The Morgan fingerprint density at radius 3 is 2.76 bits per heavy atom. The summed E-state index contributed by atoms with van der Waals surface area (Å²) >= 11 is 0. The van der Waals surface area contributed by atoms with Crippen molar-refractivity contribution in [3.8, 4) is 0 Å². The Morgan fingerprint density at radius 2 is 2.00 bits per heavy atom. The molecule has 1 aromatic heterocycles. The first kappa shape index (κ1) is 16.4. The quantitative estimate of drug-likeness (QED) is 0.927. The first-order valence-corrected chi connectivity index (χ1v) is 9.31. The molecule has 2 fully saturated rings. The van der Waals surface area contributed by atoms with E-state index in [1.807, 2.05) is 33.7 Å². The lowest BCUT2D eigenvalue weighted by Gasteiger charge is -2.32. The third-order valence-electron chi connectivity index (χ3n) is 5.51. The number of fused-ring (bicyclic) bond motifs is 1. The van der Waals surface area contributed by atoms with Gasteiger partial charge in [-0.05, 0) is 44.2 Å². The van der Waals surface area contributed by atoms with Gasteiger partial charge in [-0.3, -0.25) is 9.36 Å². The van der Waals surface area contributed by atoms with E-state index in [0.29, 0.717) is 6.42 Å². The van der Waals surface area contributed by atoms with Crippen molar-refractivity contribution in [2.24, 2.45) is 0 Å². The molecule has 25 heavy (non-hydrogen) atoms. The van der Waals surface area contributed by atoms with E-state index < -0.39 is 0 Å². The molecule has 4 rings (SSSR count). The molecule has 0 radical (unpaired) electrons. The predicted octanol–water partition coefficient (Wildman–Crippen LogP) is 2.45. The van der Waals surface area contributed by atoms with Gasteiger partial charge in [0.15, 0.2) is 0 Å². The zero-order valence-electron chi connectivity index (χ0n) is 14.4. The van der Waals surface area contributed by atoms with E-state index in [4.69, 9.17) is 4.74 Å². The highest BCUT2D eigenvalue weighted by Gasteiger charge is 2.26. The Morgan fingerprint density at radius 1 is 1.20 bits per heavy atom. The van der Waals surface area contributed by atoms with Gasteiger partial charge < -0.3 is 14.6 Å². The Labute approximate surface area is 146 Å². The topological polar surface area (TPSA) is 67.3 Å². The molecule has 0 bridgehead atoms. The van der Waals surface area contributed by atoms with E-state index in [0.717, 1.165) is 62.8 Å². The van der Waals surface area contributed by atoms with Crippen LogP contribution in [0.5, 0.6) is 0 Å². The molecule has 134 valence electrons. The maximum absolute atomic E-state index is 12.4. The number of hydrogen-bond donors (Lipinski definition) is 1. The largest absolute Gasteiger partial charge is 0.378 e. The normalized spacial score (nSPS) is 21.9. The van der Waals surface area contributed by atoms with Crippen molar-refractivity contribution in [3.63, 3.8) is 0 Å². The molecular formula is C19H25N3O3. The zero-order valence-corrected chi connectivity index (χ0v) is 14.4. The highest BCUT2D eigenvalue weighted by Crippen LogP contribution is 2.25. The molecule has 1 unspecified atom stereocenters. The number of piperidine rings is 1. The third-order valence-corrected chi connectivity index (χ3v) is 5.51. The van der Waals surface area contributed by atoms with Crippen molar-refractivity contribution in [2.45, 2.75) is 50.7 Å². The standard InChI is InChI=1S/C19H25N3O3/c23-18(8-7-15-4-3-13-25-15)21-11-9-14(10-12-21)22-17-6-2-1-5-16(17)20-19(22)24/h1-2,5-6,14-15H,3-4,7-13H2,(H,20,24). The number of aromatic nitrogens is 2. The number of ether oxygens (including phenoxy) is 1. The van der Waals surface area contributed by atoms with Crippen LogP contribution in [0.1, 0.15) is 44.6 Å². The first-order chi connectivity index (χ1) is 12.2. The fraction of sp³-hybridized carbons (Fsp3) is 0.579. The van der Waals surface area contributed by atoms with Crippen LogP contribution in [0, 0.1) is 0 Å². The maximum Gasteiger partial charge on any atom is 0.326 e. The van der Waals surface area contributed by atoms with Crippen LogP contribution in [-0.2, 0) is 9.53 Å². The second kappa shape index (κ2) is 7.04. The summed E-state index contributed by atoms with van der Waals surface area (Å²) in [6.45, 7) is 2.28. The molecule has 2 aromatic rings.